The number of aryl methyl sites for hydroxylation is 1. The number of carbonyl (C=O) groups is 1. The maximum Gasteiger partial charge on any atom is 0.271 e. The first kappa shape index (κ1) is 22.4. The molecule has 32 heavy (non-hydrogen) atoms. The molecule has 172 valence electrons. The van der Waals surface area contributed by atoms with Crippen molar-refractivity contribution in [1.82, 2.24) is 20.2 Å². The number of nitrogens with two attached hydrogens (primary N) is 1. The van der Waals surface area contributed by atoms with Crippen molar-refractivity contribution in [3.05, 3.63) is 41.2 Å². The van der Waals surface area contributed by atoms with Crippen LogP contribution in [0, 0.1) is 0 Å². The van der Waals surface area contributed by atoms with Gasteiger partial charge < -0.3 is 31.3 Å². The first-order valence-electron chi connectivity index (χ1n) is 11.4. The summed E-state index contributed by atoms with van der Waals surface area (Å²) in [4.78, 5) is 23.7. The van der Waals surface area contributed by atoms with Gasteiger partial charge in [-0.15, -0.1) is 0 Å². The number of nitrogens with zero attached hydrogens (tertiary/aromatic N) is 3. The Morgan fingerprint density at radius 1 is 1.22 bits per heavy atom. The van der Waals surface area contributed by atoms with E-state index in [-0.39, 0.29) is 11.7 Å². The number of hydrogen-bond donors (Lipinski definition) is 4. The molecule has 5 N–H and O–H groups in total. The van der Waals surface area contributed by atoms with Crippen LogP contribution in [0.1, 0.15) is 47.6 Å². The number of ether oxygens (including phenoxy) is 1. The van der Waals surface area contributed by atoms with Crippen LogP contribution in [0.2, 0.25) is 0 Å². The maximum atomic E-state index is 12.1. The highest BCUT2D eigenvalue weighted by Gasteiger charge is 2.21. The zero-order valence-electron chi connectivity index (χ0n) is 18.9. The Morgan fingerprint density at radius 3 is 2.62 bits per heavy atom. The molecule has 1 aromatic carbocycles. The fraction of sp³-hybridized carbons (Fsp3) is 0.522. The Bertz CT molecular complexity index is 929. The van der Waals surface area contributed by atoms with Crippen LogP contribution in [0.4, 0.5) is 17.3 Å². The lowest BCUT2D eigenvalue weighted by molar-refractivity contribution is 0.0903. The Balaban J connectivity index is 1.55. The first-order chi connectivity index (χ1) is 15.5. The highest BCUT2D eigenvalue weighted by Crippen LogP contribution is 2.25. The Hall–Kier alpha value is -2.75. The molecule has 4 rings (SSSR count). The molecule has 0 spiro atoms. The predicted molar refractivity (Wildman–Crippen MR) is 125 cm³/mol. The van der Waals surface area contributed by atoms with E-state index in [9.17, 15) is 4.79 Å². The number of likely N-dealkylation sites (N-methyl/N-ethyl adjacent to an activating group) is 1. The van der Waals surface area contributed by atoms with E-state index in [0.717, 1.165) is 57.1 Å². The van der Waals surface area contributed by atoms with Gasteiger partial charge >= 0.3 is 0 Å². The average molecular weight is 440 g/mol. The van der Waals surface area contributed by atoms with E-state index in [2.05, 4.69) is 45.0 Å². The largest absolute Gasteiger partial charge is 0.381 e. The fourth-order valence-electron chi connectivity index (χ4n) is 4.18. The Morgan fingerprint density at radius 2 is 1.97 bits per heavy atom. The van der Waals surface area contributed by atoms with Crippen LogP contribution in [0.25, 0.3) is 0 Å². The summed E-state index contributed by atoms with van der Waals surface area (Å²) in [5.41, 5.74) is 8.57. The van der Waals surface area contributed by atoms with Crippen molar-refractivity contribution in [3.63, 3.8) is 0 Å². The molecule has 2 saturated heterocycles. The minimum absolute atomic E-state index is 0.152. The molecular formula is C23H33N7O2. The summed E-state index contributed by atoms with van der Waals surface area (Å²) >= 11 is 0. The molecule has 3 heterocycles. The van der Waals surface area contributed by atoms with Crippen molar-refractivity contribution in [2.24, 2.45) is 5.73 Å². The van der Waals surface area contributed by atoms with E-state index in [1.165, 1.54) is 5.56 Å². The van der Waals surface area contributed by atoms with Crippen molar-refractivity contribution in [2.45, 2.75) is 38.3 Å². The summed E-state index contributed by atoms with van der Waals surface area (Å²) in [7, 11) is 2.14. The predicted octanol–water partition coefficient (Wildman–Crippen LogP) is 2.05. The first-order valence-corrected chi connectivity index (χ1v) is 11.4. The Labute approximate surface area is 189 Å². The average Bonchev–Trinajstić information content (AvgIpc) is 2.80. The third-order valence-electron chi connectivity index (χ3n) is 6.05. The molecule has 9 heteroatoms. The van der Waals surface area contributed by atoms with Gasteiger partial charge in [-0.3, -0.25) is 4.79 Å². The second-order valence-corrected chi connectivity index (χ2v) is 8.48. The third kappa shape index (κ3) is 5.35. The number of rotatable bonds is 7. The van der Waals surface area contributed by atoms with Crippen molar-refractivity contribution in [3.8, 4) is 0 Å². The van der Waals surface area contributed by atoms with Crippen LogP contribution in [0.3, 0.4) is 0 Å². The zero-order chi connectivity index (χ0) is 22.5. The molecular weight excluding hydrogens is 406 g/mol. The van der Waals surface area contributed by atoms with Gasteiger partial charge in [0.25, 0.3) is 5.91 Å². The number of primary amides is 1. The number of carbonyl (C=O) groups excluding carboxylic acids is 1. The topological polar surface area (TPSA) is 117 Å². The minimum Gasteiger partial charge on any atom is -0.381 e. The molecule has 1 amide bonds. The monoisotopic (exact) mass is 439 g/mol. The zero-order valence-corrected chi connectivity index (χ0v) is 18.9. The SMILES string of the molecule is CCc1nc(C(N)=O)c(Nc2ccc(C3CN(C)CCN3)cc2)nc1NC1CCOCC1. The number of nitrogens with one attached hydrogen (secondary N) is 3. The lowest BCUT2D eigenvalue weighted by Gasteiger charge is -2.31. The molecule has 2 fully saturated rings. The van der Waals surface area contributed by atoms with E-state index in [0.29, 0.717) is 24.1 Å². The van der Waals surface area contributed by atoms with Crippen LogP contribution in [0.15, 0.2) is 24.3 Å². The molecule has 1 aromatic heterocycles. The van der Waals surface area contributed by atoms with E-state index < -0.39 is 5.91 Å². The molecule has 2 aliphatic heterocycles. The highest BCUT2D eigenvalue weighted by atomic mass is 16.5. The molecule has 1 unspecified atom stereocenters. The molecule has 1 atom stereocenters. The Kier molecular flexibility index (Phi) is 7.19. The van der Waals surface area contributed by atoms with Crippen molar-refractivity contribution < 1.29 is 9.53 Å². The van der Waals surface area contributed by atoms with Gasteiger partial charge in [-0.05, 0) is 44.0 Å². The van der Waals surface area contributed by atoms with Crippen LogP contribution < -0.4 is 21.7 Å². The summed E-state index contributed by atoms with van der Waals surface area (Å²) in [5.74, 6) is 0.462. The summed E-state index contributed by atoms with van der Waals surface area (Å²) in [6.45, 7) is 6.47. The molecule has 0 saturated carbocycles. The summed E-state index contributed by atoms with van der Waals surface area (Å²) in [5, 5.41) is 10.3. The van der Waals surface area contributed by atoms with Gasteiger partial charge in [-0.1, -0.05) is 19.1 Å². The lowest BCUT2D eigenvalue weighted by Crippen LogP contribution is -2.43. The third-order valence-corrected chi connectivity index (χ3v) is 6.05. The smallest absolute Gasteiger partial charge is 0.271 e. The van der Waals surface area contributed by atoms with Crippen LogP contribution in [-0.2, 0) is 11.2 Å². The van der Waals surface area contributed by atoms with Crippen molar-refractivity contribution >= 4 is 23.2 Å². The van der Waals surface area contributed by atoms with Gasteiger partial charge in [0.2, 0.25) is 0 Å². The van der Waals surface area contributed by atoms with Gasteiger partial charge in [0.1, 0.15) is 0 Å². The normalized spacial score (nSPS) is 20.1. The van der Waals surface area contributed by atoms with Crippen LogP contribution >= 0.6 is 0 Å². The van der Waals surface area contributed by atoms with Gasteiger partial charge in [-0.25, -0.2) is 9.97 Å². The quantitative estimate of drug-likeness (QED) is 0.518. The van der Waals surface area contributed by atoms with Crippen LogP contribution in [-0.4, -0.2) is 66.7 Å². The molecule has 9 nitrogen and oxygen atoms in total. The summed E-state index contributed by atoms with van der Waals surface area (Å²) in [6.07, 6.45) is 2.48. The number of aromatic nitrogens is 2. The fourth-order valence-corrected chi connectivity index (χ4v) is 4.18. The van der Waals surface area contributed by atoms with E-state index in [1.807, 2.05) is 19.1 Å². The summed E-state index contributed by atoms with van der Waals surface area (Å²) < 4.78 is 5.45. The molecule has 0 aliphatic carbocycles. The maximum absolute atomic E-state index is 12.1. The van der Waals surface area contributed by atoms with E-state index in [4.69, 9.17) is 15.5 Å². The van der Waals surface area contributed by atoms with Gasteiger partial charge in [0, 0.05) is 50.6 Å². The molecule has 0 radical (unpaired) electrons. The van der Waals surface area contributed by atoms with Gasteiger partial charge in [0.05, 0.1) is 5.69 Å². The summed E-state index contributed by atoms with van der Waals surface area (Å²) in [6, 6.07) is 8.77. The number of piperazine rings is 1. The second-order valence-electron chi connectivity index (χ2n) is 8.48. The van der Waals surface area contributed by atoms with E-state index >= 15 is 0 Å². The molecule has 2 aromatic rings. The highest BCUT2D eigenvalue weighted by molar-refractivity contribution is 5.96. The van der Waals surface area contributed by atoms with E-state index in [1.54, 1.807) is 0 Å². The number of anilines is 3. The van der Waals surface area contributed by atoms with Gasteiger partial charge in [-0.2, -0.15) is 0 Å². The van der Waals surface area contributed by atoms with Crippen molar-refractivity contribution in [1.29, 1.82) is 0 Å². The number of hydrogen-bond acceptors (Lipinski definition) is 8. The van der Waals surface area contributed by atoms with Crippen molar-refractivity contribution in [2.75, 3.05) is 50.5 Å². The van der Waals surface area contributed by atoms with Crippen LogP contribution in [0.5, 0.6) is 0 Å². The number of amides is 1. The number of benzene rings is 1. The lowest BCUT2D eigenvalue weighted by atomic mass is 10.0. The standard InChI is InChI=1S/C23H33N7O2/c1-3-18-22(26-17-8-12-32-13-9-17)29-23(20(28-18)21(24)31)27-16-6-4-15(5-7-16)19-14-30(2)11-10-25-19/h4-7,17,19,25H,3,8-14H2,1-2H3,(H2,24,31)(H2,26,27,29). The second kappa shape index (κ2) is 10.2. The van der Waals surface area contributed by atoms with Gasteiger partial charge in [0.15, 0.2) is 17.3 Å². The molecule has 0 bridgehead atoms. The minimum atomic E-state index is -0.599. The molecule has 2 aliphatic rings.